The van der Waals surface area contributed by atoms with Crippen molar-refractivity contribution in [3.63, 3.8) is 0 Å². The van der Waals surface area contributed by atoms with E-state index >= 15 is 0 Å². The van der Waals surface area contributed by atoms with Gasteiger partial charge in [0.25, 0.3) is 0 Å². The van der Waals surface area contributed by atoms with Gasteiger partial charge in [0.1, 0.15) is 0 Å². The topological polar surface area (TPSA) is 0 Å². The molecule has 0 saturated carbocycles. The van der Waals surface area contributed by atoms with Crippen molar-refractivity contribution in [2.75, 3.05) is 0 Å². The van der Waals surface area contributed by atoms with E-state index in [9.17, 15) is 0 Å². The molecule has 0 aromatic heterocycles. The minimum atomic E-state index is 0. The fraction of sp³-hybridized carbons (Fsp3) is 0. The summed E-state index contributed by atoms with van der Waals surface area (Å²) >= 11 is 0. The van der Waals surface area contributed by atoms with Crippen LogP contribution in [0.1, 0.15) is 0 Å². The van der Waals surface area contributed by atoms with Crippen molar-refractivity contribution in [3.05, 3.63) is 0 Å². The summed E-state index contributed by atoms with van der Waals surface area (Å²) in [6.45, 7) is 0. The first-order chi connectivity index (χ1) is 0. The molecule has 0 aromatic rings. The predicted octanol–water partition coefficient (Wildman–Crippen LogP) is -2.11. The second-order valence-electron chi connectivity index (χ2n) is 0. The van der Waals surface area contributed by atoms with E-state index < -0.39 is 0 Å². The van der Waals surface area contributed by atoms with Crippen molar-refractivity contribution in [1.82, 2.24) is 0 Å². The van der Waals surface area contributed by atoms with Gasteiger partial charge < -0.3 is 0 Å². The Kier molecular flexibility index (Phi) is 167. The predicted molar refractivity (Wildman–Crippen MR) is 18.5 cm³/mol. The van der Waals surface area contributed by atoms with Gasteiger partial charge in [-0.15, -0.1) is 0 Å². The van der Waals surface area contributed by atoms with Gasteiger partial charge in [0.2, 0.25) is 0 Å². The minimum absolute atomic E-state index is 0. The molecule has 0 saturated heterocycles. The van der Waals surface area contributed by atoms with Gasteiger partial charge in [-0.05, 0) is 0 Å². The number of hydrogen-bond acceptors (Lipinski definition) is 0. The monoisotopic (exact) mass is 718 g/mol. The SMILES string of the molecule is [AsH3].[Cd].[Cd].[Hg].[PbH2]. The van der Waals surface area contributed by atoms with Gasteiger partial charge in [0.15, 0.2) is 0 Å². The van der Waals surface area contributed by atoms with Crippen LogP contribution in [0.2, 0.25) is 0 Å². The molecule has 0 aliphatic heterocycles. The fourth-order valence-electron chi connectivity index (χ4n) is 0. The second-order valence-corrected chi connectivity index (χ2v) is 0. The maximum atomic E-state index is 0. The fourth-order valence-corrected chi connectivity index (χ4v) is 0. The molecule has 0 bridgehead atoms. The van der Waals surface area contributed by atoms with Crippen molar-refractivity contribution < 1.29 is 82.3 Å². The van der Waals surface area contributed by atoms with Crippen LogP contribution in [0.15, 0.2) is 0 Å². The van der Waals surface area contributed by atoms with Crippen LogP contribution in [0.25, 0.3) is 0 Å². The molecule has 0 rings (SSSR count). The first-order valence-corrected chi connectivity index (χ1v) is 0. The van der Waals surface area contributed by atoms with Crippen LogP contribution >= 0.6 is 0 Å². The van der Waals surface area contributed by atoms with Crippen LogP contribution in [0.5, 0.6) is 0 Å². The van der Waals surface area contributed by atoms with Crippen molar-refractivity contribution in [1.29, 1.82) is 0 Å². The van der Waals surface area contributed by atoms with E-state index in [4.69, 9.17) is 0 Å². The summed E-state index contributed by atoms with van der Waals surface area (Å²) in [4.78, 5) is 0. The van der Waals surface area contributed by atoms with Gasteiger partial charge in [-0.3, -0.25) is 0 Å². The van der Waals surface area contributed by atoms with E-state index in [2.05, 4.69) is 0 Å². The molecule has 0 amide bonds. The molecule has 0 heterocycles. The Hall–Kier alpha value is 4.26. The molecule has 1 atom stereocenters. The zero-order valence-electron chi connectivity index (χ0n) is 3.54. The van der Waals surface area contributed by atoms with E-state index in [0.29, 0.717) is 0 Å². The van der Waals surface area contributed by atoms with Crippen molar-refractivity contribution in [3.8, 4) is 0 Å². The third kappa shape index (κ3) is 17.8. The molecular weight excluding hydrogens is 708 g/mol. The van der Waals surface area contributed by atoms with Crippen LogP contribution in [0, 0.1) is 0 Å². The van der Waals surface area contributed by atoms with Crippen LogP contribution in [-0.2, 0) is 82.3 Å². The van der Waals surface area contributed by atoms with Crippen LogP contribution in [0.3, 0.4) is 0 Å². The normalized spacial score (nSPS) is 0. The van der Waals surface area contributed by atoms with Gasteiger partial charge >= 0.3 is 45.3 Å². The quantitative estimate of drug-likeness (QED) is 0.253. The van der Waals surface area contributed by atoms with E-state index in [1.807, 2.05) is 0 Å². The average molecular weight is 713 g/mol. The van der Waals surface area contributed by atoms with Gasteiger partial charge in [0, 0.05) is 82.3 Å². The molecule has 0 aromatic carbocycles. The molecule has 20 valence electrons. The zero-order chi connectivity index (χ0) is 0. The third-order valence-corrected chi connectivity index (χ3v) is 0. The molecule has 5 heteroatoms. The molecule has 0 aliphatic rings. The summed E-state index contributed by atoms with van der Waals surface area (Å²) in [5, 5.41) is 0. The molecule has 0 N–H and O–H groups in total. The molecule has 0 aliphatic carbocycles. The molecule has 1 unspecified atom stereocenters. The van der Waals surface area contributed by atoms with Crippen LogP contribution in [0.4, 0.5) is 0 Å². The van der Waals surface area contributed by atoms with Gasteiger partial charge in [-0.1, -0.05) is 0 Å². The van der Waals surface area contributed by atoms with Crippen LogP contribution in [-0.4, -0.2) is 45.3 Å². The van der Waals surface area contributed by atoms with E-state index in [1.54, 1.807) is 0 Å². The first-order valence-electron chi connectivity index (χ1n) is 0. The first kappa shape index (κ1) is 34.8. The Morgan fingerprint density at radius 1 is 0.800 bits per heavy atom. The Bertz CT molecular complexity index is 9.61. The third-order valence-electron chi connectivity index (χ3n) is 0. The second kappa shape index (κ2) is 24.0. The molecule has 0 spiro atoms. The summed E-state index contributed by atoms with van der Waals surface area (Å²) in [6.07, 6.45) is 0. The van der Waals surface area contributed by atoms with Crippen molar-refractivity contribution in [2.45, 2.75) is 0 Å². The summed E-state index contributed by atoms with van der Waals surface area (Å²) < 4.78 is 0. The van der Waals surface area contributed by atoms with Gasteiger partial charge in [-0.2, -0.15) is 0 Å². The Balaban J connectivity index is 0. The maximum absolute atomic E-state index is 0. The number of hydrogen-bond donors (Lipinski definition) is 0. The zero-order valence-corrected chi connectivity index (χ0v) is 25.6. The molecular formula is H5AsCd2HgPb. The standard InChI is InChI=1S/AsH3.2Cd.Hg.Pb.2H/h1H3;;;;;;. The molecule has 0 fully saturated rings. The van der Waals surface area contributed by atoms with Gasteiger partial charge in [0.05, 0.1) is 0 Å². The number of rotatable bonds is 0. The molecule has 5 heavy (non-hydrogen) atoms. The Morgan fingerprint density at radius 3 is 0.800 bits per heavy atom. The van der Waals surface area contributed by atoms with Crippen molar-refractivity contribution in [2.24, 2.45) is 0 Å². The van der Waals surface area contributed by atoms with E-state index in [-0.39, 0.29) is 128 Å². The average Bonchev–Trinajstić information content (AvgIpc) is 0. The molecule has 0 nitrogen and oxygen atoms in total. The van der Waals surface area contributed by atoms with E-state index in [1.165, 1.54) is 0 Å². The summed E-state index contributed by atoms with van der Waals surface area (Å²) in [5.74, 6) is 0. The Labute approximate surface area is 124 Å². The van der Waals surface area contributed by atoms with Crippen molar-refractivity contribution >= 4 is 45.3 Å². The molecule has 2 radical (unpaired) electrons. The van der Waals surface area contributed by atoms with Crippen LogP contribution < -0.4 is 0 Å². The Morgan fingerprint density at radius 2 is 0.800 bits per heavy atom. The summed E-state index contributed by atoms with van der Waals surface area (Å²) in [6, 6.07) is 0. The summed E-state index contributed by atoms with van der Waals surface area (Å²) in [7, 11) is 0. The summed E-state index contributed by atoms with van der Waals surface area (Å²) in [5.41, 5.74) is 0. The van der Waals surface area contributed by atoms with E-state index in [0.717, 1.165) is 0 Å². The van der Waals surface area contributed by atoms with Gasteiger partial charge in [-0.25, -0.2) is 0 Å².